The Bertz CT molecular complexity index is 669. The largest absolute Gasteiger partial charge is 0.353 e. The van der Waals surface area contributed by atoms with Crippen LogP contribution in [0.25, 0.3) is 0 Å². The fourth-order valence-electron chi connectivity index (χ4n) is 2.64. The number of hydrogen-bond acceptors (Lipinski definition) is 6. The first kappa shape index (κ1) is 16.1. The molecule has 2 aromatic rings. The number of aromatic nitrogens is 3. The van der Waals surface area contributed by atoms with Crippen molar-refractivity contribution in [3.8, 4) is 0 Å². The fraction of sp³-hybridized carbons (Fsp3) is 0.438. The maximum Gasteiger partial charge on any atom is 0.249 e. The van der Waals surface area contributed by atoms with Crippen LogP contribution in [0.15, 0.2) is 28.9 Å². The lowest BCUT2D eigenvalue weighted by Gasteiger charge is -2.34. The van der Waals surface area contributed by atoms with Crippen LogP contribution < -0.4 is 10.2 Å². The topological polar surface area (TPSA) is 57.2 Å². The van der Waals surface area contributed by atoms with Crippen molar-refractivity contribution < 1.29 is 0 Å². The minimum absolute atomic E-state index is 0.518. The summed E-state index contributed by atoms with van der Waals surface area (Å²) < 4.78 is 0.989. The van der Waals surface area contributed by atoms with Gasteiger partial charge in [-0.3, -0.25) is 0 Å². The number of likely N-dealkylation sites (N-methyl/N-ethyl adjacent to an activating group) is 1. The summed E-state index contributed by atoms with van der Waals surface area (Å²) in [6, 6.07) is 6.12. The van der Waals surface area contributed by atoms with Crippen LogP contribution in [0.4, 0.5) is 17.5 Å². The Labute approximate surface area is 145 Å². The molecule has 0 radical (unpaired) electrons. The zero-order valence-corrected chi connectivity index (χ0v) is 15.0. The Morgan fingerprint density at radius 2 is 2.00 bits per heavy atom. The van der Waals surface area contributed by atoms with E-state index in [1.54, 1.807) is 6.20 Å². The maximum absolute atomic E-state index is 4.61. The number of piperazine rings is 1. The first-order valence-corrected chi connectivity index (χ1v) is 8.65. The third-order valence-corrected chi connectivity index (χ3v) is 4.72. The summed E-state index contributed by atoms with van der Waals surface area (Å²) in [5.41, 5.74) is 2.13. The highest BCUT2D eigenvalue weighted by Gasteiger charge is 2.17. The van der Waals surface area contributed by atoms with Crippen molar-refractivity contribution in [3.63, 3.8) is 0 Å². The predicted molar refractivity (Wildman–Crippen MR) is 96.3 cm³/mol. The third-order valence-electron chi connectivity index (χ3n) is 4.06. The molecule has 6 nitrogen and oxygen atoms in total. The molecule has 1 aliphatic heterocycles. The molecule has 0 aliphatic carbocycles. The van der Waals surface area contributed by atoms with Gasteiger partial charge in [-0.15, -0.1) is 5.10 Å². The molecule has 0 spiro atoms. The highest BCUT2D eigenvalue weighted by molar-refractivity contribution is 9.10. The molecule has 1 aromatic carbocycles. The standard InChI is InChI=1S/C16H21BrN6/c1-3-22-6-8-23(9-7-22)15-11-18-21-16(20-15)19-14-5-4-12(2)10-13(14)17/h4-5,10-11H,3,6-9H2,1-2H3,(H,19,20,21). The Balaban J connectivity index is 1.72. The van der Waals surface area contributed by atoms with Crippen molar-refractivity contribution in [2.75, 3.05) is 42.9 Å². The Morgan fingerprint density at radius 3 is 2.70 bits per heavy atom. The number of benzene rings is 1. The van der Waals surface area contributed by atoms with E-state index in [-0.39, 0.29) is 0 Å². The molecular weight excluding hydrogens is 356 g/mol. The van der Waals surface area contributed by atoms with Gasteiger partial charge in [-0.05, 0) is 47.1 Å². The van der Waals surface area contributed by atoms with Crippen molar-refractivity contribution >= 4 is 33.4 Å². The van der Waals surface area contributed by atoms with Crippen LogP contribution in [-0.2, 0) is 0 Å². The second-order valence-electron chi connectivity index (χ2n) is 5.67. The summed E-state index contributed by atoms with van der Waals surface area (Å²) in [5, 5.41) is 11.4. The Kier molecular flexibility index (Phi) is 5.07. The van der Waals surface area contributed by atoms with Crippen molar-refractivity contribution in [2.24, 2.45) is 0 Å². The van der Waals surface area contributed by atoms with E-state index < -0.39 is 0 Å². The molecule has 7 heteroatoms. The van der Waals surface area contributed by atoms with Crippen LogP contribution in [0.5, 0.6) is 0 Å². The van der Waals surface area contributed by atoms with E-state index in [9.17, 15) is 0 Å². The number of nitrogens with zero attached hydrogens (tertiary/aromatic N) is 5. The molecule has 23 heavy (non-hydrogen) atoms. The molecule has 1 fully saturated rings. The normalized spacial score (nSPS) is 15.7. The quantitative estimate of drug-likeness (QED) is 0.885. The highest BCUT2D eigenvalue weighted by Crippen LogP contribution is 2.26. The number of anilines is 3. The van der Waals surface area contributed by atoms with E-state index >= 15 is 0 Å². The molecule has 122 valence electrons. The zero-order chi connectivity index (χ0) is 16.2. The van der Waals surface area contributed by atoms with E-state index in [2.05, 4.69) is 66.1 Å². The van der Waals surface area contributed by atoms with E-state index in [1.807, 2.05) is 12.1 Å². The number of rotatable bonds is 4. The molecule has 1 saturated heterocycles. The van der Waals surface area contributed by atoms with Gasteiger partial charge in [0, 0.05) is 30.7 Å². The van der Waals surface area contributed by atoms with Gasteiger partial charge >= 0.3 is 0 Å². The van der Waals surface area contributed by atoms with Gasteiger partial charge in [0.15, 0.2) is 5.82 Å². The average molecular weight is 377 g/mol. The lowest BCUT2D eigenvalue weighted by Crippen LogP contribution is -2.46. The summed E-state index contributed by atoms with van der Waals surface area (Å²) in [6.07, 6.45) is 1.73. The molecule has 0 unspecified atom stereocenters. The lowest BCUT2D eigenvalue weighted by molar-refractivity contribution is 0.270. The first-order chi connectivity index (χ1) is 11.2. The first-order valence-electron chi connectivity index (χ1n) is 7.86. The van der Waals surface area contributed by atoms with Crippen LogP contribution in [0.1, 0.15) is 12.5 Å². The van der Waals surface area contributed by atoms with Gasteiger partial charge in [-0.1, -0.05) is 13.0 Å². The van der Waals surface area contributed by atoms with E-state index in [0.717, 1.165) is 48.7 Å². The molecule has 0 atom stereocenters. The Hall–Kier alpha value is -1.73. The fourth-order valence-corrected chi connectivity index (χ4v) is 3.23. The molecule has 1 aliphatic rings. The summed E-state index contributed by atoms with van der Waals surface area (Å²) in [7, 11) is 0. The predicted octanol–water partition coefficient (Wildman–Crippen LogP) is 2.83. The summed E-state index contributed by atoms with van der Waals surface area (Å²) in [6.45, 7) is 9.43. The summed E-state index contributed by atoms with van der Waals surface area (Å²) >= 11 is 3.56. The van der Waals surface area contributed by atoms with Crippen LogP contribution >= 0.6 is 15.9 Å². The monoisotopic (exact) mass is 376 g/mol. The van der Waals surface area contributed by atoms with Gasteiger partial charge in [0.05, 0.1) is 11.9 Å². The minimum Gasteiger partial charge on any atom is -0.353 e. The summed E-state index contributed by atoms with van der Waals surface area (Å²) in [5.74, 6) is 1.39. The molecule has 0 amide bonds. The zero-order valence-electron chi connectivity index (χ0n) is 13.5. The molecular formula is C16H21BrN6. The molecule has 2 heterocycles. The van der Waals surface area contributed by atoms with Gasteiger partial charge in [-0.2, -0.15) is 10.1 Å². The number of nitrogens with one attached hydrogen (secondary N) is 1. The second kappa shape index (κ2) is 7.23. The van der Waals surface area contributed by atoms with Gasteiger partial charge < -0.3 is 15.1 Å². The van der Waals surface area contributed by atoms with E-state index in [4.69, 9.17) is 0 Å². The summed E-state index contributed by atoms with van der Waals surface area (Å²) in [4.78, 5) is 9.31. The number of hydrogen-bond donors (Lipinski definition) is 1. The Morgan fingerprint density at radius 1 is 1.22 bits per heavy atom. The SMILES string of the molecule is CCN1CCN(c2cnnc(Nc3ccc(C)cc3Br)n2)CC1. The molecule has 0 saturated carbocycles. The minimum atomic E-state index is 0.518. The lowest BCUT2D eigenvalue weighted by atomic mass is 10.2. The number of aryl methyl sites for hydroxylation is 1. The second-order valence-corrected chi connectivity index (χ2v) is 6.52. The number of halogens is 1. The van der Waals surface area contributed by atoms with Gasteiger partial charge in [0.25, 0.3) is 0 Å². The van der Waals surface area contributed by atoms with Gasteiger partial charge in [0.2, 0.25) is 5.95 Å². The molecule has 1 N–H and O–H groups in total. The smallest absolute Gasteiger partial charge is 0.249 e. The third kappa shape index (κ3) is 3.97. The van der Waals surface area contributed by atoms with E-state index in [0.29, 0.717) is 5.95 Å². The van der Waals surface area contributed by atoms with Crippen molar-refractivity contribution in [2.45, 2.75) is 13.8 Å². The van der Waals surface area contributed by atoms with Crippen LogP contribution in [0.2, 0.25) is 0 Å². The van der Waals surface area contributed by atoms with Crippen LogP contribution in [0.3, 0.4) is 0 Å². The molecule has 3 rings (SSSR count). The maximum atomic E-state index is 4.61. The van der Waals surface area contributed by atoms with Crippen molar-refractivity contribution in [1.29, 1.82) is 0 Å². The van der Waals surface area contributed by atoms with Gasteiger partial charge in [-0.25, -0.2) is 0 Å². The van der Waals surface area contributed by atoms with Crippen LogP contribution in [-0.4, -0.2) is 52.8 Å². The van der Waals surface area contributed by atoms with Crippen molar-refractivity contribution in [1.82, 2.24) is 20.1 Å². The molecule has 0 bridgehead atoms. The average Bonchev–Trinajstić information content (AvgIpc) is 2.58. The molecule has 1 aromatic heterocycles. The van der Waals surface area contributed by atoms with Gasteiger partial charge in [0.1, 0.15) is 0 Å². The highest BCUT2D eigenvalue weighted by atomic mass is 79.9. The van der Waals surface area contributed by atoms with Crippen molar-refractivity contribution in [3.05, 3.63) is 34.4 Å². The van der Waals surface area contributed by atoms with Crippen LogP contribution in [0, 0.1) is 6.92 Å². The van der Waals surface area contributed by atoms with E-state index in [1.165, 1.54) is 5.56 Å².